The summed E-state index contributed by atoms with van der Waals surface area (Å²) in [4.78, 5) is 24.9. The second-order valence-corrected chi connectivity index (χ2v) is 7.83. The first-order valence-corrected chi connectivity index (χ1v) is 11.4. The SMILES string of the molecule is CCOC(Cc1ccc(OCCN(CCCc2ccccc2)C(=O)NCC(F)(F)F)cc1)C(=O)O. The number of hydrogen-bond acceptors (Lipinski definition) is 4. The summed E-state index contributed by atoms with van der Waals surface area (Å²) in [6, 6.07) is 15.6. The minimum atomic E-state index is -4.49. The van der Waals surface area contributed by atoms with Gasteiger partial charge in [-0.25, -0.2) is 9.59 Å². The van der Waals surface area contributed by atoms with Crippen LogP contribution in [0.3, 0.4) is 0 Å². The number of amides is 2. The molecule has 2 N–H and O–H groups in total. The number of ether oxygens (including phenoxy) is 2. The summed E-state index contributed by atoms with van der Waals surface area (Å²) in [6.07, 6.45) is -3.95. The van der Waals surface area contributed by atoms with E-state index >= 15 is 0 Å². The van der Waals surface area contributed by atoms with Crippen LogP contribution in [-0.2, 0) is 22.4 Å². The topological polar surface area (TPSA) is 88.1 Å². The summed E-state index contributed by atoms with van der Waals surface area (Å²) >= 11 is 0. The summed E-state index contributed by atoms with van der Waals surface area (Å²) in [7, 11) is 0. The quantitative estimate of drug-likeness (QED) is 0.407. The third kappa shape index (κ3) is 11.1. The van der Waals surface area contributed by atoms with Crippen molar-refractivity contribution in [1.29, 1.82) is 0 Å². The van der Waals surface area contributed by atoms with Gasteiger partial charge in [-0.3, -0.25) is 0 Å². The van der Waals surface area contributed by atoms with Gasteiger partial charge in [0.2, 0.25) is 0 Å². The molecule has 0 aliphatic rings. The van der Waals surface area contributed by atoms with Crippen LogP contribution in [0.1, 0.15) is 24.5 Å². The number of carboxylic acids is 1. The van der Waals surface area contributed by atoms with Crippen LogP contribution in [0.25, 0.3) is 0 Å². The number of carbonyl (C=O) groups is 2. The van der Waals surface area contributed by atoms with E-state index in [2.05, 4.69) is 0 Å². The lowest BCUT2D eigenvalue weighted by molar-refractivity contribution is -0.150. The Kier molecular flexibility index (Phi) is 11.4. The molecule has 10 heteroatoms. The van der Waals surface area contributed by atoms with Crippen molar-refractivity contribution >= 4 is 12.0 Å². The molecule has 1 unspecified atom stereocenters. The molecule has 0 radical (unpaired) electrons. The Morgan fingerprint density at radius 3 is 2.31 bits per heavy atom. The van der Waals surface area contributed by atoms with E-state index in [1.54, 1.807) is 31.2 Å². The van der Waals surface area contributed by atoms with Crippen LogP contribution in [0, 0.1) is 0 Å². The van der Waals surface area contributed by atoms with Crippen LogP contribution in [-0.4, -0.2) is 67.1 Å². The normalized spacial score (nSPS) is 12.1. The molecule has 7 nitrogen and oxygen atoms in total. The molecular weight excluding hydrogens is 465 g/mol. The number of nitrogens with one attached hydrogen (secondary N) is 1. The van der Waals surface area contributed by atoms with Gasteiger partial charge in [-0.2, -0.15) is 13.2 Å². The number of urea groups is 1. The van der Waals surface area contributed by atoms with Gasteiger partial charge in [-0.15, -0.1) is 0 Å². The van der Waals surface area contributed by atoms with Crippen LogP contribution in [0.4, 0.5) is 18.0 Å². The molecular formula is C25H31F3N2O5. The zero-order chi connectivity index (χ0) is 25.7. The largest absolute Gasteiger partial charge is 0.492 e. The molecule has 0 heterocycles. The summed E-state index contributed by atoms with van der Waals surface area (Å²) in [5.74, 6) is -0.541. The van der Waals surface area contributed by atoms with E-state index in [9.17, 15) is 27.9 Å². The maximum atomic E-state index is 12.5. The second kappa shape index (κ2) is 14.2. The second-order valence-electron chi connectivity index (χ2n) is 7.83. The number of hydrogen-bond donors (Lipinski definition) is 2. The van der Waals surface area contributed by atoms with Crippen molar-refractivity contribution in [2.45, 2.75) is 38.5 Å². The van der Waals surface area contributed by atoms with Crippen LogP contribution >= 0.6 is 0 Å². The lowest BCUT2D eigenvalue weighted by atomic mass is 10.1. The Labute approximate surface area is 202 Å². The van der Waals surface area contributed by atoms with Crippen molar-refractivity contribution in [3.05, 3.63) is 65.7 Å². The van der Waals surface area contributed by atoms with E-state index in [4.69, 9.17) is 9.47 Å². The number of halogens is 3. The fourth-order valence-corrected chi connectivity index (χ4v) is 3.35. The van der Waals surface area contributed by atoms with E-state index in [1.807, 2.05) is 35.6 Å². The van der Waals surface area contributed by atoms with Crippen molar-refractivity contribution in [3.63, 3.8) is 0 Å². The monoisotopic (exact) mass is 496 g/mol. The fraction of sp³-hybridized carbons (Fsp3) is 0.440. The highest BCUT2D eigenvalue weighted by Crippen LogP contribution is 2.15. The summed E-state index contributed by atoms with van der Waals surface area (Å²) in [5, 5.41) is 11.1. The average molecular weight is 497 g/mol. The van der Waals surface area contributed by atoms with Gasteiger partial charge in [0.1, 0.15) is 18.9 Å². The summed E-state index contributed by atoms with van der Waals surface area (Å²) < 4.78 is 48.4. The molecule has 0 bridgehead atoms. The van der Waals surface area contributed by atoms with Crippen molar-refractivity contribution in [2.75, 3.05) is 32.8 Å². The van der Waals surface area contributed by atoms with Gasteiger partial charge in [0.05, 0.1) is 6.54 Å². The Morgan fingerprint density at radius 1 is 1.03 bits per heavy atom. The molecule has 2 aromatic carbocycles. The first-order chi connectivity index (χ1) is 16.7. The highest BCUT2D eigenvalue weighted by atomic mass is 19.4. The molecule has 0 saturated heterocycles. The molecule has 0 saturated carbocycles. The molecule has 1 atom stereocenters. The first kappa shape index (κ1) is 28.0. The van der Waals surface area contributed by atoms with Crippen LogP contribution in [0.5, 0.6) is 5.75 Å². The maximum absolute atomic E-state index is 12.5. The van der Waals surface area contributed by atoms with Gasteiger partial charge in [0.15, 0.2) is 6.10 Å². The molecule has 0 aromatic heterocycles. The van der Waals surface area contributed by atoms with Crippen molar-refractivity contribution in [2.24, 2.45) is 0 Å². The molecule has 0 aliphatic heterocycles. The zero-order valence-electron chi connectivity index (χ0n) is 19.6. The maximum Gasteiger partial charge on any atom is 0.405 e. The molecule has 0 fully saturated rings. The van der Waals surface area contributed by atoms with Crippen LogP contribution < -0.4 is 10.1 Å². The number of carboxylic acid groups (broad SMARTS) is 1. The highest BCUT2D eigenvalue weighted by molar-refractivity contribution is 5.74. The van der Waals surface area contributed by atoms with Gasteiger partial charge in [-0.1, -0.05) is 42.5 Å². The number of benzene rings is 2. The van der Waals surface area contributed by atoms with Gasteiger partial charge >= 0.3 is 18.2 Å². The van der Waals surface area contributed by atoms with Crippen LogP contribution in [0.2, 0.25) is 0 Å². The van der Waals surface area contributed by atoms with Gasteiger partial charge in [-0.05, 0) is 43.0 Å². The predicted molar refractivity (Wildman–Crippen MR) is 124 cm³/mol. The molecule has 0 aliphatic carbocycles. The highest BCUT2D eigenvalue weighted by Gasteiger charge is 2.28. The Hall–Kier alpha value is -3.27. The molecule has 2 aromatic rings. The van der Waals surface area contributed by atoms with Crippen molar-refractivity contribution in [1.82, 2.24) is 10.2 Å². The van der Waals surface area contributed by atoms with E-state index in [0.717, 1.165) is 11.1 Å². The number of rotatable bonds is 14. The van der Waals surface area contributed by atoms with Gasteiger partial charge in [0, 0.05) is 19.6 Å². The molecule has 2 amide bonds. The number of alkyl halides is 3. The minimum absolute atomic E-state index is 0.0841. The van der Waals surface area contributed by atoms with E-state index in [-0.39, 0.29) is 32.7 Å². The number of aryl methyl sites for hydroxylation is 1. The third-order valence-electron chi connectivity index (χ3n) is 5.08. The van der Waals surface area contributed by atoms with Gasteiger partial charge in [0.25, 0.3) is 0 Å². The average Bonchev–Trinajstić information content (AvgIpc) is 2.82. The summed E-state index contributed by atoms with van der Waals surface area (Å²) in [5.41, 5.74) is 1.83. The van der Waals surface area contributed by atoms with Crippen molar-refractivity contribution in [3.8, 4) is 5.75 Å². The number of carbonyl (C=O) groups excluding carboxylic acids is 1. The molecule has 192 valence electrons. The molecule has 2 rings (SSSR count). The first-order valence-electron chi connectivity index (χ1n) is 11.4. The van der Waals surface area contributed by atoms with Gasteiger partial charge < -0.3 is 24.8 Å². The number of aliphatic carboxylic acids is 1. The van der Waals surface area contributed by atoms with E-state index in [0.29, 0.717) is 18.6 Å². The van der Waals surface area contributed by atoms with Crippen molar-refractivity contribution < 1.29 is 37.3 Å². The van der Waals surface area contributed by atoms with E-state index < -0.39 is 30.8 Å². The smallest absolute Gasteiger partial charge is 0.405 e. The minimum Gasteiger partial charge on any atom is -0.492 e. The van der Waals surface area contributed by atoms with E-state index in [1.165, 1.54) is 4.90 Å². The fourth-order valence-electron chi connectivity index (χ4n) is 3.35. The van der Waals surface area contributed by atoms with Crippen LogP contribution in [0.15, 0.2) is 54.6 Å². The standard InChI is InChI=1S/C25H31F3N2O5/c1-2-34-22(23(31)32)17-20-10-12-21(13-11-20)35-16-15-30(24(33)29-18-25(26,27)28)14-6-9-19-7-4-3-5-8-19/h3-5,7-8,10-13,22H,2,6,9,14-18H2,1H3,(H,29,33)(H,31,32). The lowest BCUT2D eigenvalue weighted by Crippen LogP contribution is -2.45. The Morgan fingerprint density at radius 2 is 1.71 bits per heavy atom. The predicted octanol–water partition coefficient (Wildman–Crippen LogP) is 4.30. The Bertz CT molecular complexity index is 908. The summed E-state index contributed by atoms with van der Waals surface area (Å²) in [6.45, 7) is 1.07. The zero-order valence-corrected chi connectivity index (χ0v) is 19.6. The Balaban J connectivity index is 1.88. The number of nitrogens with zero attached hydrogens (tertiary/aromatic N) is 1. The molecule has 0 spiro atoms. The molecule has 35 heavy (non-hydrogen) atoms. The third-order valence-corrected chi connectivity index (χ3v) is 5.08. The lowest BCUT2D eigenvalue weighted by Gasteiger charge is -2.23.